The van der Waals surface area contributed by atoms with Gasteiger partial charge in [-0.1, -0.05) is 37.6 Å². The third kappa shape index (κ3) is 2.61. The Hall–Kier alpha value is -2.43. The largest absolute Gasteiger partial charge is 0.326 e. The van der Waals surface area contributed by atoms with Gasteiger partial charge in [0.25, 0.3) is 5.56 Å². The van der Waals surface area contributed by atoms with Crippen LogP contribution in [0.2, 0.25) is 0 Å². The van der Waals surface area contributed by atoms with Crippen LogP contribution < -0.4 is 11.2 Å². The summed E-state index contributed by atoms with van der Waals surface area (Å²) in [6.45, 7) is 5.48. The number of benzene rings is 1. The lowest BCUT2D eigenvalue weighted by atomic mass is 9.97. The van der Waals surface area contributed by atoms with Crippen molar-refractivity contribution >= 4 is 5.78 Å². The van der Waals surface area contributed by atoms with Gasteiger partial charge >= 0.3 is 5.69 Å². The maximum Gasteiger partial charge on any atom is 0.326 e. The van der Waals surface area contributed by atoms with Crippen LogP contribution in [-0.4, -0.2) is 15.8 Å². The van der Waals surface area contributed by atoms with Crippen molar-refractivity contribution in [2.75, 3.05) is 0 Å². The maximum atomic E-state index is 12.5. The quantitative estimate of drug-likeness (QED) is 0.835. The molecule has 104 valence electrons. The first-order valence-corrected chi connectivity index (χ1v) is 6.38. The Kier molecular flexibility index (Phi) is 3.70. The lowest BCUT2D eigenvalue weighted by Crippen LogP contribution is -2.30. The molecule has 0 fully saturated rings. The number of ketones is 1. The number of hydrogen-bond donors (Lipinski definition) is 2. The summed E-state index contributed by atoms with van der Waals surface area (Å²) in [7, 11) is 0. The monoisotopic (exact) mass is 272 g/mol. The highest BCUT2D eigenvalue weighted by molar-refractivity contribution is 6.08. The van der Waals surface area contributed by atoms with Crippen molar-refractivity contribution in [3.63, 3.8) is 0 Å². The fraction of sp³-hybridized carbons (Fsp3) is 0.267. The van der Waals surface area contributed by atoms with Gasteiger partial charge in [0.2, 0.25) is 5.78 Å². The molecular weight excluding hydrogens is 256 g/mol. The van der Waals surface area contributed by atoms with Crippen LogP contribution in [0, 0.1) is 6.92 Å². The Bertz CT molecular complexity index is 769. The summed E-state index contributed by atoms with van der Waals surface area (Å²) in [4.78, 5) is 40.4. The highest BCUT2D eigenvalue weighted by Gasteiger charge is 2.20. The molecule has 1 aromatic heterocycles. The SMILES string of the molecule is Cc1cccc(C(=O)c2[nH]c(=O)[nH]c(=O)c2C(C)C)c1. The van der Waals surface area contributed by atoms with E-state index in [1.165, 1.54) is 0 Å². The molecule has 0 atom stereocenters. The van der Waals surface area contributed by atoms with E-state index in [2.05, 4.69) is 9.97 Å². The summed E-state index contributed by atoms with van der Waals surface area (Å²) < 4.78 is 0. The van der Waals surface area contributed by atoms with E-state index >= 15 is 0 Å². The fourth-order valence-electron chi connectivity index (χ4n) is 2.16. The summed E-state index contributed by atoms with van der Waals surface area (Å²) in [6, 6.07) is 7.04. The third-order valence-corrected chi connectivity index (χ3v) is 3.06. The molecule has 5 nitrogen and oxygen atoms in total. The third-order valence-electron chi connectivity index (χ3n) is 3.06. The second kappa shape index (κ2) is 5.28. The smallest absolute Gasteiger partial charge is 0.304 e. The number of aromatic nitrogens is 2. The van der Waals surface area contributed by atoms with Crippen LogP contribution >= 0.6 is 0 Å². The minimum Gasteiger partial charge on any atom is -0.304 e. The second-order valence-electron chi connectivity index (χ2n) is 5.05. The van der Waals surface area contributed by atoms with E-state index in [0.717, 1.165) is 5.56 Å². The Balaban J connectivity index is 2.66. The van der Waals surface area contributed by atoms with E-state index < -0.39 is 11.2 Å². The lowest BCUT2D eigenvalue weighted by Gasteiger charge is -2.10. The van der Waals surface area contributed by atoms with Crippen molar-refractivity contribution in [3.8, 4) is 0 Å². The van der Waals surface area contributed by atoms with Gasteiger partial charge in [0, 0.05) is 11.1 Å². The van der Waals surface area contributed by atoms with Gasteiger partial charge in [-0.15, -0.1) is 0 Å². The topological polar surface area (TPSA) is 82.8 Å². The predicted octanol–water partition coefficient (Wildman–Crippen LogP) is 1.73. The fourth-order valence-corrected chi connectivity index (χ4v) is 2.16. The molecule has 0 saturated heterocycles. The number of aromatic amines is 2. The molecule has 2 N–H and O–H groups in total. The molecule has 0 spiro atoms. The molecule has 0 bridgehead atoms. The molecule has 1 aromatic carbocycles. The Morgan fingerprint density at radius 2 is 1.85 bits per heavy atom. The van der Waals surface area contributed by atoms with Gasteiger partial charge in [0.05, 0.1) is 5.69 Å². The first kappa shape index (κ1) is 14.0. The first-order chi connectivity index (χ1) is 9.40. The van der Waals surface area contributed by atoms with Crippen LogP contribution in [0.1, 0.15) is 46.9 Å². The van der Waals surface area contributed by atoms with Crippen molar-refractivity contribution in [1.29, 1.82) is 0 Å². The van der Waals surface area contributed by atoms with Gasteiger partial charge in [-0.25, -0.2) is 4.79 Å². The zero-order chi connectivity index (χ0) is 14.9. The molecule has 1 heterocycles. The Morgan fingerprint density at radius 1 is 1.15 bits per heavy atom. The van der Waals surface area contributed by atoms with Gasteiger partial charge in [-0.05, 0) is 18.9 Å². The molecule has 2 aromatic rings. The molecule has 0 saturated carbocycles. The summed E-state index contributed by atoms with van der Waals surface area (Å²) in [5.41, 5.74) is 0.577. The van der Waals surface area contributed by atoms with E-state index in [4.69, 9.17) is 0 Å². The minimum absolute atomic E-state index is 0.0688. The number of nitrogens with one attached hydrogen (secondary N) is 2. The molecule has 20 heavy (non-hydrogen) atoms. The van der Waals surface area contributed by atoms with Gasteiger partial charge in [0.15, 0.2) is 0 Å². The normalized spacial score (nSPS) is 10.8. The zero-order valence-electron chi connectivity index (χ0n) is 11.6. The summed E-state index contributed by atoms with van der Waals surface area (Å²) >= 11 is 0. The van der Waals surface area contributed by atoms with Gasteiger partial charge in [-0.2, -0.15) is 0 Å². The molecule has 0 unspecified atom stereocenters. The molecule has 5 heteroatoms. The highest BCUT2D eigenvalue weighted by atomic mass is 16.2. The van der Waals surface area contributed by atoms with Crippen LogP contribution in [0.3, 0.4) is 0 Å². The van der Waals surface area contributed by atoms with Crippen LogP contribution in [-0.2, 0) is 0 Å². The van der Waals surface area contributed by atoms with Crippen LogP contribution in [0.5, 0.6) is 0 Å². The average molecular weight is 272 g/mol. The van der Waals surface area contributed by atoms with Crippen molar-refractivity contribution in [2.45, 2.75) is 26.7 Å². The van der Waals surface area contributed by atoms with Crippen LogP contribution in [0.25, 0.3) is 0 Å². The number of carbonyl (C=O) groups excluding carboxylic acids is 1. The van der Waals surface area contributed by atoms with Gasteiger partial charge in [-0.3, -0.25) is 14.6 Å². The number of carbonyl (C=O) groups is 1. The number of rotatable bonds is 3. The lowest BCUT2D eigenvalue weighted by molar-refractivity contribution is 0.103. The molecule has 0 aliphatic rings. The minimum atomic E-state index is -0.671. The van der Waals surface area contributed by atoms with Crippen molar-refractivity contribution < 1.29 is 4.79 Å². The standard InChI is InChI=1S/C15H16N2O3/c1-8(2)11-12(16-15(20)17-14(11)19)13(18)10-6-4-5-9(3)7-10/h4-8H,1-3H3,(H2,16,17,19,20). The predicted molar refractivity (Wildman–Crippen MR) is 76.4 cm³/mol. The summed E-state index contributed by atoms with van der Waals surface area (Å²) in [5, 5.41) is 0. The molecule has 0 aliphatic heterocycles. The molecular formula is C15H16N2O3. The van der Waals surface area contributed by atoms with Crippen LogP contribution in [0.4, 0.5) is 0 Å². The number of H-pyrrole nitrogens is 2. The molecule has 0 aliphatic carbocycles. The Morgan fingerprint density at radius 3 is 2.45 bits per heavy atom. The first-order valence-electron chi connectivity index (χ1n) is 6.38. The van der Waals surface area contributed by atoms with Gasteiger partial charge in [0.1, 0.15) is 0 Å². The summed E-state index contributed by atoms with van der Waals surface area (Å²) in [6.07, 6.45) is 0. The molecule has 0 amide bonds. The van der Waals surface area contributed by atoms with Crippen molar-refractivity contribution in [2.24, 2.45) is 0 Å². The number of hydrogen-bond acceptors (Lipinski definition) is 3. The summed E-state index contributed by atoms with van der Waals surface area (Å²) in [5.74, 6) is -0.514. The van der Waals surface area contributed by atoms with E-state index in [9.17, 15) is 14.4 Å². The number of aryl methyl sites for hydroxylation is 1. The van der Waals surface area contributed by atoms with Crippen molar-refractivity contribution in [1.82, 2.24) is 9.97 Å². The van der Waals surface area contributed by atoms with E-state index in [-0.39, 0.29) is 17.4 Å². The molecule has 0 radical (unpaired) electrons. The highest BCUT2D eigenvalue weighted by Crippen LogP contribution is 2.16. The van der Waals surface area contributed by atoms with E-state index in [0.29, 0.717) is 11.1 Å². The van der Waals surface area contributed by atoms with Crippen LogP contribution in [0.15, 0.2) is 33.9 Å². The average Bonchev–Trinajstić information content (AvgIpc) is 2.36. The van der Waals surface area contributed by atoms with E-state index in [1.54, 1.807) is 32.0 Å². The molecule has 2 rings (SSSR count). The van der Waals surface area contributed by atoms with E-state index in [1.807, 2.05) is 13.0 Å². The zero-order valence-corrected chi connectivity index (χ0v) is 11.6. The Labute approximate surface area is 115 Å². The second-order valence-corrected chi connectivity index (χ2v) is 5.05. The maximum absolute atomic E-state index is 12.5. The van der Waals surface area contributed by atoms with Gasteiger partial charge < -0.3 is 4.98 Å². The van der Waals surface area contributed by atoms with Crippen molar-refractivity contribution in [3.05, 3.63) is 67.5 Å².